The number of carbonyl (C=O) groups excluding carboxylic acids is 1. The number of nitrogens with one attached hydrogen (secondary N) is 1. The van der Waals surface area contributed by atoms with Crippen molar-refractivity contribution >= 4 is 26.7 Å². The van der Waals surface area contributed by atoms with E-state index in [1.807, 2.05) is 0 Å². The number of fused-ring (bicyclic) bond motifs is 1. The smallest absolute Gasteiger partial charge is 0.355 e. The highest BCUT2D eigenvalue weighted by atomic mass is 32.2. The van der Waals surface area contributed by atoms with Crippen LogP contribution in [0.1, 0.15) is 10.5 Å². The summed E-state index contributed by atoms with van der Waals surface area (Å²) >= 11 is 0. The van der Waals surface area contributed by atoms with Crippen molar-refractivity contribution in [2.24, 2.45) is 0 Å². The zero-order valence-electron chi connectivity index (χ0n) is 17.1. The van der Waals surface area contributed by atoms with Gasteiger partial charge >= 0.3 is 5.97 Å². The van der Waals surface area contributed by atoms with E-state index in [9.17, 15) is 13.2 Å². The second-order valence-corrected chi connectivity index (χ2v) is 7.98. The fraction of sp³-hybridized carbons (Fsp3) is 0.250. The molecule has 10 heteroatoms. The van der Waals surface area contributed by atoms with Crippen molar-refractivity contribution in [3.05, 3.63) is 36.0 Å². The van der Waals surface area contributed by atoms with Gasteiger partial charge in [0.25, 0.3) is 0 Å². The molecule has 0 saturated carbocycles. The van der Waals surface area contributed by atoms with E-state index in [1.54, 1.807) is 12.1 Å². The average molecular weight is 435 g/mol. The number of hydrogen-bond donors (Lipinski definition) is 1. The summed E-state index contributed by atoms with van der Waals surface area (Å²) in [4.78, 5) is 14.8. The van der Waals surface area contributed by atoms with Crippen LogP contribution in [0.5, 0.6) is 23.0 Å². The van der Waals surface area contributed by atoms with Crippen LogP contribution in [-0.2, 0) is 14.6 Å². The van der Waals surface area contributed by atoms with Crippen molar-refractivity contribution in [1.29, 1.82) is 0 Å². The first-order chi connectivity index (χ1) is 14.3. The van der Waals surface area contributed by atoms with Gasteiger partial charge in [-0.3, -0.25) is 0 Å². The van der Waals surface area contributed by atoms with Crippen LogP contribution in [0.3, 0.4) is 0 Å². The molecule has 1 heterocycles. The number of aromatic nitrogens is 1. The number of methoxy groups -OCH3 is 5. The van der Waals surface area contributed by atoms with Gasteiger partial charge in [0.1, 0.15) is 16.3 Å². The van der Waals surface area contributed by atoms with Crippen molar-refractivity contribution in [2.75, 3.05) is 35.5 Å². The van der Waals surface area contributed by atoms with Crippen LogP contribution in [-0.4, -0.2) is 54.9 Å². The molecule has 0 unspecified atom stereocenters. The lowest BCUT2D eigenvalue weighted by atomic mass is 10.2. The van der Waals surface area contributed by atoms with Crippen LogP contribution in [0.15, 0.2) is 40.1 Å². The number of esters is 1. The summed E-state index contributed by atoms with van der Waals surface area (Å²) in [6.45, 7) is 0. The molecule has 160 valence electrons. The molecule has 0 aliphatic carbocycles. The number of aromatic amines is 1. The van der Waals surface area contributed by atoms with Crippen molar-refractivity contribution in [3.63, 3.8) is 0 Å². The lowest BCUT2D eigenvalue weighted by Gasteiger charge is -2.14. The molecule has 0 bridgehead atoms. The molecule has 9 nitrogen and oxygen atoms in total. The van der Waals surface area contributed by atoms with Crippen LogP contribution in [0.4, 0.5) is 0 Å². The van der Waals surface area contributed by atoms with E-state index in [4.69, 9.17) is 23.7 Å². The van der Waals surface area contributed by atoms with Gasteiger partial charge in [0.15, 0.2) is 11.5 Å². The lowest BCUT2D eigenvalue weighted by Crippen LogP contribution is -2.11. The molecule has 0 amide bonds. The van der Waals surface area contributed by atoms with Crippen LogP contribution >= 0.6 is 0 Å². The lowest BCUT2D eigenvalue weighted by molar-refractivity contribution is 0.0590. The van der Waals surface area contributed by atoms with Crippen molar-refractivity contribution in [3.8, 4) is 23.0 Å². The van der Waals surface area contributed by atoms with Crippen LogP contribution < -0.4 is 18.9 Å². The molecule has 2 aromatic carbocycles. The number of rotatable bonds is 7. The third-order valence-electron chi connectivity index (χ3n) is 4.56. The number of carbonyl (C=O) groups is 1. The molecule has 3 aromatic rings. The molecule has 1 N–H and O–H groups in total. The van der Waals surface area contributed by atoms with Crippen molar-refractivity contribution in [1.82, 2.24) is 4.98 Å². The molecule has 0 aliphatic rings. The zero-order chi connectivity index (χ0) is 22.1. The minimum absolute atomic E-state index is 0.147. The Labute approximate surface area is 173 Å². The van der Waals surface area contributed by atoms with Gasteiger partial charge in [0, 0.05) is 23.0 Å². The highest BCUT2D eigenvalue weighted by Crippen LogP contribution is 2.42. The van der Waals surface area contributed by atoms with E-state index in [2.05, 4.69) is 4.98 Å². The summed E-state index contributed by atoms with van der Waals surface area (Å²) in [6, 6.07) is 7.40. The maximum atomic E-state index is 13.7. The van der Waals surface area contributed by atoms with Gasteiger partial charge < -0.3 is 28.7 Å². The molecule has 3 rings (SSSR count). The average Bonchev–Trinajstić information content (AvgIpc) is 3.16. The van der Waals surface area contributed by atoms with Gasteiger partial charge in [-0.25, -0.2) is 13.2 Å². The first-order valence-electron chi connectivity index (χ1n) is 8.65. The number of benzene rings is 2. The molecule has 0 atom stereocenters. The van der Waals surface area contributed by atoms with E-state index in [0.717, 1.165) is 0 Å². The Morgan fingerprint density at radius 3 is 2.00 bits per heavy atom. The zero-order valence-corrected chi connectivity index (χ0v) is 17.9. The third-order valence-corrected chi connectivity index (χ3v) is 6.38. The SMILES string of the molecule is COC(=O)c1[nH]c2ccc(OC)cc2c1S(=O)(=O)c1cc(OC)c(OC)c(OC)c1. The predicted molar refractivity (Wildman–Crippen MR) is 108 cm³/mol. The summed E-state index contributed by atoms with van der Waals surface area (Å²) in [6.07, 6.45) is 0. The van der Waals surface area contributed by atoms with Crippen molar-refractivity contribution < 1.29 is 36.9 Å². The third kappa shape index (κ3) is 3.39. The van der Waals surface area contributed by atoms with Gasteiger partial charge in [0.2, 0.25) is 15.6 Å². The monoisotopic (exact) mass is 435 g/mol. The minimum Gasteiger partial charge on any atom is -0.497 e. The molecule has 0 aliphatic heterocycles. The fourth-order valence-electron chi connectivity index (χ4n) is 3.13. The second kappa shape index (κ2) is 8.15. The van der Waals surface area contributed by atoms with Gasteiger partial charge in [-0.2, -0.15) is 0 Å². The van der Waals surface area contributed by atoms with E-state index in [1.165, 1.54) is 53.7 Å². The van der Waals surface area contributed by atoms with Crippen LogP contribution in [0.2, 0.25) is 0 Å². The standard InChI is InChI=1S/C20H21NO8S/c1-25-11-6-7-14-13(8-11)19(17(21-14)20(22)29-5)30(23,24)12-9-15(26-2)18(28-4)16(10-12)27-3/h6-10,21H,1-5H3. The summed E-state index contributed by atoms with van der Waals surface area (Å²) in [5.74, 6) is 0.170. The fourth-order valence-corrected chi connectivity index (χ4v) is 4.75. The van der Waals surface area contributed by atoms with Crippen LogP contribution in [0, 0.1) is 0 Å². The van der Waals surface area contributed by atoms with E-state index < -0.39 is 15.8 Å². The Bertz CT molecular complexity index is 1190. The van der Waals surface area contributed by atoms with E-state index in [-0.39, 0.29) is 38.1 Å². The first kappa shape index (κ1) is 21.3. The Kier molecular flexibility index (Phi) is 5.79. The van der Waals surface area contributed by atoms with Gasteiger partial charge in [-0.05, 0) is 18.2 Å². The molecular formula is C20H21NO8S. The maximum absolute atomic E-state index is 13.7. The molecule has 0 spiro atoms. The number of hydrogen-bond acceptors (Lipinski definition) is 8. The van der Waals surface area contributed by atoms with Gasteiger partial charge in [-0.1, -0.05) is 0 Å². The Balaban J connectivity index is 2.37. The molecule has 0 saturated heterocycles. The highest BCUT2D eigenvalue weighted by Gasteiger charge is 2.32. The molecule has 1 aromatic heterocycles. The maximum Gasteiger partial charge on any atom is 0.355 e. The minimum atomic E-state index is -4.23. The number of sulfone groups is 1. The summed E-state index contributed by atoms with van der Waals surface area (Å²) in [5.41, 5.74) is 0.233. The highest BCUT2D eigenvalue weighted by molar-refractivity contribution is 7.91. The first-order valence-corrected chi connectivity index (χ1v) is 10.1. The summed E-state index contributed by atoms with van der Waals surface area (Å²) < 4.78 is 53.1. The molecule has 0 fully saturated rings. The molecule has 0 radical (unpaired) electrons. The Morgan fingerprint density at radius 1 is 0.867 bits per heavy atom. The second-order valence-electron chi connectivity index (χ2n) is 6.10. The summed E-state index contributed by atoms with van der Waals surface area (Å²) in [5, 5.41) is 0.281. The van der Waals surface area contributed by atoms with Gasteiger partial charge in [0.05, 0.1) is 40.4 Å². The predicted octanol–water partition coefficient (Wildman–Crippen LogP) is 2.82. The van der Waals surface area contributed by atoms with E-state index in [0.29, 0.717) is 11.3 Å². The normalized spacial score (nSPS) is 11.2. The topological polar surface area (TPSA) is 113 Å². The van der Waals surface area contributed by atoms with Gasteiger partial charge in [-0.15, -0.1) is 0 Å². The van der Waals surface area contributed by atoms with E-state index >= 15 is 0 Å². The number of ether oxygens (including phenoxy) is 5. The quantitative estimate of drug-likeness (QED) is 0.564. The summed E-state index contributed by atoms with van der Waals surface area (Å²) in [7, 11) is 2.58. The largest absolute Gasteiger partial charge is 0.497 e. The molecular weight excluding hydrogens is 414 g/mol. The van der Waals surface area contributed by atoms with Crippen molar-refractivity contribution in [2.45, 2.75) is 9.79 Å². The van der Waals surface area contributed by atoms with Crippen LogP contribution in [0.25, 0.3) is 10.9 Å². The Hall–Kier alpha value is -3.40. The molecule has 30 heavy (non-hydrogen) atoms. The Morgan fingerprint density at radius 2 is 1.50 bits per heavy atom. The number of H-pyrrole nitrogens is 1.